The SMILES string of the molecule is COC(=O)C=Nc1ccc(O)cc1O.Cl. The van der Waals surface area contributed by atoms with Crippen molar-refractivity contribution >= 4 is 30.3 Å². The van der Waals surface area contributed by atoms with Crippen LogP contribution in [0.5, 0.6) is 11.5 Å². The Morgan fingerprint density at radius 3 is 2.67 bits per heavy atom. The number of carbonyl (C=O) groups excluding carboxylic acids is 1. The Morgan fingerprint density at radius 2 is 2.13 bits per heavy atom. The molecule has 1 rings (SSSR count). The van der Waals surface area contributed by atoms with Gasteiger partial charge in [-0.3, -0.25) is 0 Å². The van der Waals surface area contributed by atoms with Crippen LogP contribution in [0.3, 0.4) is 0 Å². The molecule has 0 spiro atoms. The van der Waals surface area contributed by atoms with E-state index in [9.17, 15) is 9.90 Å². The Kier molecular flexibility index (Phi) is 5.19. The highest BCUT2D eigenvalue weighted by atomic mass is 35.5. The Morgan fingerprint density at radius 1 is 1.47 bits per heavy atom. The van der Waals surface area contributed by atoms with E-state index in [2.05, 4.69) is 9.73 Å². The molecule has 0 unspecified atom stereocenters. The Hall–Kier alpha value is -1.75. The van der Waals surface area contributed by atoms with Crippen molar-refractivity contribution in [1.82, 2.24) is 0 Å². The van der Waals surface area contributed by atoms with E-state index in [1.54, 1.807) is 0 Å². The van der Waals surface area contributed by atoms with E-state index in [0.29, 0.717) is 0 Å². The molecule has 0 saturated heterocycles. The topological polar surface area (TPSA) is 79.1 Å². The summed E-state index contributed by atoms with van der Waals surface area (Å²) in [5.74, 6) is -0.887. The normalized spacial score (nSPS) is 9.67. The van der Waals surface area contributed by atoms with E-state index in [-0.39, 0.29) is 29.6 Å². The fourth-order valence-electron chi connectivity index (χ4n) is 0.796. The van der Waals surface area contributed by atoms with E-state index < -0.39 is 5.97 Å². The molecule has 0 fully saturated rings. The molecule has 0 aromatic heterocycles. The minimum atomic E-state index is -0.613. The molecule has 0 bridgehead atoms. The molecule has 2 N–H and O–H groups in total. The molecule has 0 amide bonds. The molecule has 0 saturated carbocycles. The van der Waals surface area contributed by atoms with Crippen LogP contribution in [0.1, 0.15) is 0 Å². The van der Waals surface area contributed by atoms with Crippen LogP contribution in [-0.2, 0) is 9.53 Å². The molecule has 15 heavy (non-hydrogen) atoms. The molecule has 1 aromatic carbocycles. The van der Waals surface area contributed by atoms with Gasteiger partial charge in [-0.1, -0.05) is 0 Å². The zero-order chi connectivity index (χ0) is 10.6. The van der Waals surface area contributed by atoms with Crippen molar-refractivity contribution in [3.05, 3.63) is 18.2 Å². The lowest BCUT2D eigenvalue weighted by Gasteiger charge is -1.98. The molecule has 6 heteroatoms. The summed E-state index contributed by atoms with van der Waals surface area (Å²) in [6, 6.07) is 3.86. The molecule has 0 radical (unpaired) electrons. The molecule has 5 nitrogen and oxygen atoms in total. The van der Waals surface area contributed by atoms with Gasteiger partial charge in [0.15, 0.2) is 0 Å². The van der Waals surface area contributed by atoms with Crippen molar-refractivity contribution in [3.63, 3.8) is 0 Å². The quantitative estimate of drug-likeness (QED) is 0.596. The van der Waals surface area contributed by atoms with Gasteiger partial charge in [0, 0.05) is 6.07 Å². The summed E-state index contributed by atoms with van der Waals surface area (Å²) in [5, 5.41) is 18.2. The van der Waals surface area contributed by atoms with E-state index >= 15 is 0 Å². The maximum Gasteiger partial charge on any atom is 0.349 e. The van der Waals surface area contributed by atoms with Crippen LogP contribution < -0.4 is 0 Å². The maximum atomic E-state index is 10.7. The Labute approximate surface area is 92.4 Å². The summed E-state index contributed by atoms with van der Waals surface area (Å²) in [7, 11) is 1.23. The van der Waals surface area contributed by atoms with Crippen LogP contribution >= 0.6 is 12.4 Å². The highest BCUT2D eigenvalue weighted by Crippen LogP contribution is 2.29. The van der Waals surface area contributed by atoms with Gasteiger partial charge in [-0.05, 0) is 12.1 Å². The van der Waals surface area contributed by atoms with Crippen molar-refractivity contribution in [2.75, 3.05) is 7.11 Å². The third-order valence-corrected chi connectivity index (χ3v) is 1.47. The lowest BCUT2D eigenvalue weighted by molar-refractivity contribution is -0.132. The van der Waals surface area contributed by atoms with E-state index in [4.69, 9.17) is 5.11 Å². The largest absolute Gasteiger partial charge is 0.508 e. The molecular weight excluding hydrogens is 222 g/mol. The molecule has 82 valence electrons. The average molecular weight is 232 g/mol. The standard InChI is InChI=1S/C9H9NO4.ClH/c1-14-9(13)5-10-7-3-2-6(11)4-8(7)12;/h2-5,11-12H,1H3;1H. The van der Waals surface area contributed by atoms with Gasteiger partial charge >= 0.3 is 5.97 Å². The summed E-state index contributed by atoms with van der Waals surface area (Å²) >= 11 is 0. The van der Waals surface area contributed by atoms with Gasteiger partial charge in [-0.25, -0.2) is 9.79 Å². The smallest absolute Gasteiger partial charge is 0.349 e. The first-order valence-corrected chi connectivity index (χ1v) is 3.77. The number of rotatable bonds is 2. The van der Waals surface area contributed by atoms with Gasteiger partial charge in [0.05, 0.1) is 7.11 Å². The number of esters is 1. The molecule has 1 aromatic rings. The number of hydrogen-bond acceptors (Lipinski definition) is 5. The molecule has 0 atom stereocenters. The van der Waals surface area contributed by atoms with Gasteiger partial charge in [-0.2, -0.15) is 0 Å². The van der Waals surface area contributed by atoms with Crippen molar-refractivity contribution in [3.8, 4) is 11.5 Å². The number of halogens is 1. The summed E-state index contributed by atoms with van der Waals surface area (Å²) in [5.41, 5.74) is 0.188. The minimum Gasteiger partial charge on any atom is -0.508 e. The fraction of sp³-hybridized carbons (Fsp3) is 0.111. The van der Waals surface area contributed by atoms with Crippen LogP contribution in [-0.4, -0.2) is 29.5 Å². The number of carbonyl (C=O) groups is 1. The van der Waals surface area contributed by atoms with Gasteiger partial charge in [0.1, 0.15) is 23.4 Å². The second-order valence-corrected chi connectivity index (χ2v) is 2.45. The number of methoxy groups -OCH3 is 1. The number of benzene rings is 1. The average Bonchev–Trinajstić information content (AvgIpc) is 2.16. The second kappa shape index (κ2) is 5.87. The van der Waals surface area contributed by atoms with E-state index in [1.165, 1.54) is 19.2 Å². The third kappa shape index (κ3) is 3.86. The lowest BCUT2D eigenvalue weighted by atomic mass is 10.3. The van der Waals surface area contributed by atoms with Gasteiger partial charge < -0.3 is 14.9 Å². The number of hydrogen-bond donors (Lipinski definition) is 2. The predicted octanol–water partition coefficient (Wildman–Crippen LogP) is 1.39. The third-order valence-electron chi connectivity index (χ3n) is 1.47. The van der Waals surface area contributed by atoms with Gasteiger partial charge in [-0.15, -0.1) is 12.4 Å². The number of phenols is 2. The number of ether oxygens (including phenoxy) is 1. The van der Waals surface area contributed by atoms with Crippen LogP contribution in [0.4, 0.5) is 5.69 Å². The predicted molar refractivity (Wildman–Crippen MR) is 57.2 cm³/mol. The summed E-state index contributed by atoms with van der Waals surface area (Å²) in [6.45, 7) is 0. The van der Waals surface area contributed by atoms with Gasteiger partial charge in [0.25, 0.3) is 0 Å². The Bertz CT molecular complexity index is 378. The monoisotopic (exact) mass is 231 g/mol. The van der Waals surface area contributed by atoms with E-state index in [1.807, 2.05) is 0 Å². The summed E-state index contributed by atoms with van der Waals surface area (Å²) in [6.07, 6.45) is 0.937. The number of nitrogens with zero attached hydrogens (tertiary/aromatic N) is 1. The molecule has 0 heterocycles. The highest BCUT2D eigenvalue weighted by molar-refractivity contribution is 6.23. The van der Waals surface area contributed by atoms with Crippen molar-refractivity contribution < 1.29 is 19.7 Å². The van der Waals surface area contributed by atoms with Crippen LogP contribution in [0.2, 0.25) is 0 Å². The number of phenolic OH excluding ortho intramolecular Hbond substituents is 2. The second-order valence-electron chi connectivity index (χ2n) is 2.45. The lowest BCUT2D eigenvalue weighted by Crippen LogP contribution is -1.99. The molecular formula is C9H10ClNO4. The zero-order valence-electron chi connectivity index (χ0n) is 7.88. The fourth-order valence-corrected chi connectivity index (χ4v) is 0.796. The van der Waals surface area contributed by atoms with Crippen LogP contribution in [0.25, 0.3) is 0 Å². The van der Waals surface area contributed by atoms with Crippen molar-refractivity contribution in [2.24, 2.45) is 4.99 Å². The zero-order valence-corrected chi connectivity index (χ0v) is 8.69. The summed E-state index contributed by atoms with van der Waals surface area (Å²) in [4.78, 5) is 14.3. The first-order chi connectivity index (χ1) is 6.63. The van der Waals surface area contributed by atoms with Gasteiger partial charge in [0.2, 0.25) is 0 Å². The van der Waals surface area contributed by atoms with E-state index in [0.717, 1.165) is 12.3 Å². The molecule has 0 aliphatic rings. The maximum absolute atomic E-state index is 10.7. The number of aliphatic imine (C=N–C) groups is 1. The molecule has 0 aliphatic carbocycles. The minimum absolute atomic E-state index is 0. The first-order valence-electron chi connectivity index (χ1n) is 3.77. The summed E-state index contributed by atoms with van der Waals surface area (Å²) < 4.78 is 4.32. The van der Waals surface area contributed by atoms with Crippen LogP contribution in [0, 0.1) is 0 Å². The number of aromatic hydroxyl groups is 2. The van der Waals surface area contributed by atoms with Crippen molar-refractivity contribution in [2.45, 2.75) is 0 Å². The molecule has 0 aliphatic heterocycles. The highest BCUT2D eigenvalue weighted by Gasteiger charge is 2.00. The first kappa shape index (κ1) is 13.2. The Balaban J connectivity index is 0.00000196. The van der Waals surface area contributed by atoms with Crippen LogP contribution in [0.15, 0.2) is 23.2 Å². The van der Waals surface area contributed by atoms with Crippen molar-refractivity contribution in [1.29, 1.82) is 0 Å².